The number of nitrogens with one attached hydrogen (secondary N) is 3. The van der Waals surface area contributed by atoms with Gasteiger partial charge in [-0.15, -0.1) is 0 Å². The van der Waals surface area contributed by atoms with Gasteiger partial charge in [-0.05, 0) is 25.3 Å². The van der Waals surface area contributed by atoms with Gasteiger partial charge in [0.15, 0.2) is 0 Å². The lowest BCUT2D eigenvalue weighted by molar-refractivity contribution is 0.265. The quantitative estimate of drug-likeness (QED) is 0.790. The van der Waals surface area contributed by atoms with E-state index in [9.17, 15) is 4.39 Å². The molecule has 0 amide bonds. The minimum Gasteiger partial charge on any atom is -0.308 e. The number of hydrogen-bond acceptors (Lipinski definition) is 4. The molecule has 1 aromatic carbocycles. The topological polar surface area (TPSA) is 53.9 Å². The van der Waals surface area contributed by atoms with Crippen molar-refractivity contribution in [1.82, 2.24) is 25.9 Å². The maximum absolute atomic E-state index is 14.3. The molecule has 2 fully saturated rings. The van der Waals surface area contributed by atoms with Crippen molar-refractivity contribution in [3.63, 3.8) is 0 Å². The van der Waals surface area contributed by atoms with E-state index in [0.717, 1.165) is 24.1 Å². The molecule has 122 valence electrons. The van der Waals surface area contributed by atoms with Gasteiger partial charge in [0.2, 0.25) is 0 Å². The van der Waals surface area contributed by atoms with E-state index < -0.39 is 0 Å². The van der Waals surface area contributed by atoms with Crippen molar-refractivity contribution in [3.05, 3.63) is 53.1 Å². The molecule has 6 heteroatoms. The van der Waals surface area contributed by atoms with Crippen LogP contribution in [0.2, 0.25) is 0 Å². The Morgan fingerprint density at radius 2 is 2.17 bits per heavy atom. The van der Waals surface area contributed by atoms with Crippen molar-refractivity contribution in [2.45, 2.75) is 31.5 Å². The Bertz CT molecular complexity index is 713. The zero-order valence-corrected chi connectivity index (χ0v) is 13.4. The number of halogens is 1. The third-order valence-corrected chi connectivity index (χ3v) is 5.08. The van der Waals surface area contributed by atoms with Gasteiger partial charge in [0.05, 0.1) is 12.2 Å². The van der Waals surface area contributed by atoms with Crippen LogP contribution in [0.1, 0.15) is 35.2 Å². The summed E-state index contributed by atoms with van der Waals surface area (Å²) in [6.07, 6.45) is 4.92. The van der Waals surface area contributed by atoms with Gasteiger partial charge in [0, 0.05) is 43.0 Å². The Hall–Kier alpha value is -1.76. The average molecular weight is 315 g/mol. The average Bonchev–Trinajstić information content (AvgIpc) is 3.15. The summed E-state index contributed by atoms with van der Waals surface area (Å²) in [5, 5.41) is 7.83. The van der Waals surface area contributed by atoms with Crippen molar-refractivity contribution in [2.24, 2.45) is 13.0 Å². The fraction of sp³-hybridized carbons (Fsp3) is 0.471. The summed E-state index contributed by atoms with van der Waals surface area (Å²) in [6, 6.07) is 5.92. The summed E-state index contributed by atoms with van der Waals surface area (Å²) in [6.45, 7) is 2.87. The zero-order valence-electron chi connectivity index (χ0n) is 13.4. The van der Waals surface area contributed by atoms with Crippen LogP contribution in [0.3, 0.4) is 0 Å². The van der Waals surface area contributed by atoms with Crippen LogP contribution in [0.5, 0.6) is 0 Å². The van der Waals surface area contributed by atoms with Gasteiger partial charge in [0.1, 0.15) is 5.82 Å². The molecule has 4 atom stereocenters. The monoisotopic (exact) mass is 315 g/mol. The summed E-state index contributed by atoms with van der Waals surface area (Å²) >= 11 is 0. The molecule has 2 aliphatic rings. The van der Waals surface area contributed by atoms with E-state index in [1.807, 2.05) is 37.0 Å². The molecule has 1 aromatic heterocycles. The number of hydrazine groups is 1. The summed E-state index contributed by atoms with van der Waals surface area (Å²) < 4.78 is 16.1. The van der Waals surface area contributed by atoms with Gasteiger partial charge in [-0.25, -0.2) is 9.82 Å². The Morgan fingerprint density at radius 3 is 2.96 bits per heavy atom. The van der Waals surface area contributed by atoms with Crippen LogP contribution in [0.15, 0.2) is 30.6 Å². The number of aromatic nitrogens is 2. The van der Waals surface area contributed by atoms with E-state index in [0.29, 0.717) is 12.0 Å². The number of hydrogen-bond donors (Lipinski definition) is 3. The zero-order chi connectivity index (χ0) is 16.0. The molecule has 5 nitrogen and oxygen atoms in total. The van der Waals surface area contributed by atoms with Crippen LogP contribution in [-0.4, -0.2) is 22.4 Å². The molecule has 0 spiro atoms. The lowest BCUT2D eigenvalue weighted by Crippen LogP contribution is -2.46. The van der Waals surface area contributed by atoms with Gasteiger partial charge in [-0.1, -0.05) is 17.7 Å². The highest BCUT2D eigenvalue weighted by Gasteiger charge is 2.42. The molecular formula is C17H22FN5. The first-order valence-corrected chi connectivity index (χ1v) is 8.11. The number of rotatable bonds is 2. The Kier molecular flexibility index (Phi) is 3.67. The second kappa shape index (κ2) is 5.70. The maximum atomic E-state index is 14.3. The highest BCUT2D eigenvalue weighted by molar-refractivity contribution is 5.29. The maximum Gasteiger partial charge on any atom is 0.128 e. The molecule has 23 heavy (non-hydrogen) atoms. The number of aryl methyl sites for hydroxylation is 2. The van der Waals surface area contributed by atoms with Gasteiger partial charge in [0.25, 0.3) is 0 Å². The predicted octanol–water partition coefficient (Wildman–Crippen LogP) is 1.74. The fourth-order valence-corrected chi connectivity index (χ4v) is 3.85. The van der Waals surface area contributed by atoms with E-state index >= 15 is 0 Å². The van der Waals surface area contributed by atoms with Crippen molar-refractivity contribution in [2.75, 3.05) is 6.54 Å². The Labute approximate surface area is 135 Å². The molecular weight excluding hydrogens is 293 g/mol. The molecule has 0 saturated carbocycles. The summed E-state index contributed by atoms with van der Waals surface area (Å²) in [4.78, 5) is 0. The Morgan fingerprint density at radius 1 is 1.30 bits per heavy atom. The van der Waals surface area contributed by atoms with Crippen molar-refractivity contribution in [3.8, 4) is 0 Å². The summed E-state index contributed by atoms with van der Waals surface area (Å²) in [5.74, 6) is 0.213. The third-order valence-electron chi connectivity index (χ3n) is 5.08. The standard InChI is InChI=1S/C17H22FN5/c1-10-3-4-14(18)12(5-10)17-13-6-15(11-7-20-23(2)9-11)19-8-16(13)21-22-17/h3-5,7,9,13,15-17,19,21-22H,6,8H2,1-2H3. The number of piperidine rings is 1. The normalized spacial score (nSPS) is 30.4. The van der Waals surface area contributed by atoms with Crippen LogP contribution in [-0.2, 0) is 7.05 Å². The first kappa shape index (κ1) is 14.8. The summed E-state index contributed by atoms with van der Waals surface area (Å²) in [7, 11) is 1.93. The molecule has 0 bridgehead atoms. The molecule has 3 heterocycles. The van der Waals surface area contributed by atoms with Crippen LogP contribution in [0, 0.1) is 18.7 Å². The summed E-state index contributed by atoms with van der Waals surface area (Å²) in [5.41, 5.74) is 9.68. The van der Waals surface area contributed by atoms with Crippen LogP contribution >= 0.6 is 0 Å². The Balaban J connectivity index is 1.60. The van der Waals surface area contributed by atoms with Crippen molar-refractivity contribution >= 4 is 0 Å². The number of benzene rings is 1. The van der Waals surface area contributed by atoms with E-state index in [4.69, 9.17) is 0 Å². The second-order valence-electron chi connectivity index (χ2n) is 6.71. The van der Waals surface area contributed by atoms with Gasteiger partial charge in [-0.3, -0.25) is 10.1 Å². The molecule has 0 aliphatic carbocycles. The minimum atomic E-state index is -0.132. The fourth-order valence-electron chi connectivity index (χ4n) is 3.85. The van der Waals surface area contributed by atoms with Gasteiger partial charge < -0.3 is 5.32 Å². The molecule has 4 unspecified atom stereocenters. The lowest BCUT2D eigenvalue weighted by atomic mass is 9.80. The van der Waals surface area contributed by atoms with E-state index in [-0.39, 0.29) is 17.9 Å². The molecule has 2 saturated heterocycles. The lowest BCUT2D eigenvalue weighted by Gasteiger charge is -2.34. The highest BCUT2D eigenvalue weighted by Crippen LogP contribution is 2.39. The highest BCUT2D eigenvalue weighted by atomic mass is 19.1. The van der Waals surface area contributed by atoms with Crippen LogP contribution < -0.4 is 16.2 Å². The first-order valence-electron chi connectivity index (χ1n) is 8.11. The molecule has 3 N–H and O–H groups in total. The molecule has 4 rings (SSSR count). The largest absolute Gasteiger partial charge is 0.308 e. The first-order chi connectivity index (χ1) is 11.1. The van der Waals surface area contributed by atoms with E-state index in [2.05, 4.69) is 27.5 Å². The van der Waals surface area contributed by atoms with E-state index in [1.54, 1.807) is 6.07 Å². The molecule has 2 aliphatic heterocycles. The smallest absolute Gasteiger partial charge is 0.128 e. The molecule has 0 radical (unpaired) electrons. The SMILES string of the molecule is Cc1ccc(F)c(C2NNC3CNC(c4cnn(C)c4)CC32)c1. The second-order valence-corrected chi connectivity index (χ2v) is 6.71. The van der Waals surface area contributed by atoms with Gasteiger partial charge >= 0.3 is 0 Å². The van der Waals surface area contributed by atoms with E-state index in [1.165, 1.54) is 5.56 Å². The molecule has 2 aromatic rings. The van der Waals surface area contributed by atoms with Crippen molar-refractivity contribution in [1.29, 1.82) is 0 Å². The van der Waals surface area contributed by atoms with Crippen LogP contribution in [0.4, 0.5) is 4.39 Å². The number of fused-ring (bicyclic) bond motifs is 1. The number of nitrogens with zero attached hydrogens (tertiary/aromatic N) is 2. The third kappa shape index (κ3) is 2.67. The van der Waals surface area contributed by atoms with Crippen molar-refractivity contribution < 1.29 is 4.39 Å². The van der Waals surface area contributed by atoms with Crippen LogP contribution in [0.25, 0.3) is 0 Å². The predicted molar refractivity (Wildman–Crippen MR) is 86.0 cm³/mol. The minimum absolute atomic E-state index is 0.00108. The van der Waals surface area contributed by atoms with Gasteiger partial charge in [-0.2, -0.15) is 5.10 Å².